The van der Waals surface area contributed by atoms with Crippen LogP contribution in [-0.4, -0.2) is 11.8 Å². The van der Waals surface area contributed by atoms with E-state index in [1.165, 1.54) is 10.5 Å². The number of amides is 2. The summed E-state index contributed by atoms with van der Waals surface area (Å²) in [4.78, 5) is 28.0. The molecule has 1 heterocycles. The first-order valence-electron chi connectivity index (χ1n) is 12.3. The molecule has 182 valence electrons. The second-order valence-corrected chi connectivity index (χ2v) is 11.4. The second-order valence-electron chi connectivity index (χ2n) is 11.4. The molecule has 4 aromatic rings. The van der Waals surface area contributed by atoms with E-state index in [0.717, 1.165) is 11.8 Å². The Morgan fingerprint density at radius 2 is 1.33 bits per heavy atom. The van der Waals surface area contributed by atoms with E-state index in [1.54, 1.807) is 24.3 Å². The maximum atomic E-state index is 13.4. The summed E-state index contributed by atoms with van der Waals surface area (Å²) in [7, 11) is 0. The van der Waals surface area contributed by atoms with E-state index in [0.29, 0.717) is 33.7 Å². The van der Waals surface area contributed by atoms with Gasteiger partial charge < -0.3 is 4.74 Å². The number of benzene rings is 4. The van der Waals surface area contributed by atoms with Gasteiger partial charge in [-0.1, -0.05) is 77.1 Å². The average molecular weight is 478 g/mol. The fourth-order valence-electron chi connectivity index (χ4n) is 5.50. The van der Waals surface area contributed by atoms with E-state index in [1.807, 2.05) is 48.5 Å². The summed E-state index contributed by atoms with van der Waals surface area (Å²) in [5, 5.41) is 1.39. The minimum atomic E-state index is -0.327. The summed E-state index contributed by atoms with van der Waals surface area (Å²) >= 11 is 0. The summed E-state index contributed by atoms with van der Waals surface area (Å²) in [5.41, 5.74) is 3.09. The lowest BCUT2D eigenvalue weighted by Crippen LogP contribution is -2.40. The molecule has 0 spiro atoms. The molecule has 4 nitrogen and oxygen atoms in total. The van der Waals surface area contributed by atoms with Crippen LogP contribution in [0.25, 0.3) is 10.8 Å². The molecule has 5 rings (SSSR count). The summed E-state index contributed by atoms with van der Waals surface area (Å²) < 4.78 is 6.28. The average Bonchev–Trinajstić information content (AvgIpc) is 2.83. The highest BCUT2D eigenvalue weighted by atomic mass is 16.5. The smallest absolute Gasteiger partial charge is 0.265 e. The fraction of sp³-hybridized carbons (Fsp3) is 0.250. The Labute approximate surface area is 212 Å². The maximum Gasteiger partial charge on any atom is 0.265 e. The molecule has 1 aliphatic rings. The Morgan fingerprint density at radius 1 is 0.694 bits per heavy atom. The first kappa shape index (κ1) is 23.8. The lowest BCUT2D eigenvalue weighted by molar-refractivity contribution is 0.0893. The Morgan fingerprint density at radius 3 is 1.97 bits per heavy atom. The van der Waals surface area contributed by atoms with Gasteiger partial charge in [0.1, 0.15) is 11.5 Å². The molecule has 0 saturated carbocycles. The Balaban J connectivity index is 1.49. The van der Waals surface area contributed by atoms with Gasteiger partial charge in [0.2, 0.25) is 0 Å². The fourth-order valence-corrected chi connectivity index (χ4v) is 5.50. The van der Waals surface area contributed by atoms with Crippen LogP contribution in [0.2, 0.25) is 0 Å². The molecule has 0 aromatic heterocycles. The maximum absolute atomic E-state index is 13.4. The van der Waals surface area contributed by atoms with Crippen molar-refractivity contribution in [3.8, 4) is 11.5 Å². The quantitative estimate of drug-likeness (QED) is 0.273. The van der Waals surface area contributed by atoms with Gasteiger partial charge in [-0.15, -0.1) is 0 Å². The number of imide groups is 1. The number of rotatable bonds is 5. The third kappa shape index (κ3) is 4.28. The van der Waals surface area contributed by atoms with E-state index in [-0.39, 0.29) is 22.6 Å². The van der Waals surface area contributed by atoms with Crippen LogP contribution in [0.1, 0.15) is 67.3 Å². The first-order chi connectivity index (χ1) is 17.0. The van der Waals surface area contributed by atoms with Crippen molar-refractivity contribution in [1.82, 2.24) is 0 Å². The van der Waals surface area contributed by atoms with Crippen LogP contribution in [0, 0.1) is 5.41 Å². The number of hydrogen-bond acceptors (Lipinski definition) is 3. The van der Waals surface area contributed by atoms with Crippen molar-refractivity contribution < 1.29 is 14.3 Å². The van der Waals surface area contributed by atoms with Crippen LogP contribution in [0.3, 0.4) is 0 Å². The van der Waals surface area contributed by atoms with Crippen LogP contribution in [0.5, 0.6) is 11.5 Å². The van der Waals surface area contributed by atoms with Crippen LogP contribution in [0.15, 0.2) is 84.9 Å². The number of ether oxygens (including phenoxy) is 1. The van der Waals surface area contributed by atoms with Crippen molar-refractivity contribution >= 4 is 28.3 Å². The number of hydrogen-bond donors (Lipinski definition) is 0. The van der Waals surface area contributed by atoms with Gasteiger partial charge in [0.25, 0.3) is 11.8 Å². The normalized spacial score (nSPS) is 13.9. The molecule has 0 unspecified atom stereocenters. The molecule has 4 aromatic carbocycles. The molecule has 0 atom stereocenters. The number of anilines is 1. The molecule has 0 bridgehead atoms. The van der Waals surface area contributed by atoms with Gasteiger partial charge in [-0.05, 0) is 65.3 Å². The molecule has 0 fully saturated rings. The van der Waals surface area contributed by atoms with Gasteiger partial charge in [0, 0.05) is 21.9 Å². The lowest BCUT2D eigenvalue weighted by atomic mass is 9.72. The molecule has 36 heavy (non-hydrogen) atoms. The first-order valence-corrected chi connectivity index (χ1v) is 12.3. The zero-order valence-electron chi connectivity index (χ0n) is 21.5. The standard InChI is InChI=1S/C32H31NO3/c1-31(2,3)20-32(4,5)21-14-16-23(17-15-21)36-27-19-18-26-28-24(27)12-9-13-25(28)29(34)33(30(26)35)22-10-7-6-8-11-22/h6-19H,20H2,1-5H3. The van der Waals surface area contributed by atoms with Crippen LogP contribution >= 0.6 is 0 Å². The van der Waals surface area contributed by atoms with Gasteiger partial charge in [-0.3, -0.25) is 9.59 Å². The topological polar surface area (TPSA) is 46.6 Å². The monoisotopic (exact) mass is 477 g/mol. The Bertz CT molecular complexity index is 1440. The highest BCUT2D eigenvalue weighted by Gasteiger charge is 2.34. The molecule has 0 N–H and O–H groups in total. The summed E-state index contributed by atoms with van der Waals surface area (Å²) in [5.74, 6) is 0.676. The minimum Gasteiger partial charge on any atom is -0.457 e. The van der Waals surface area contributed by atoms with Crippen molar-refractivity contribution in [2.75, 3.05) is 4.90 Å². The van der Waals surface area contributed by atoms with E-state index < -0.39 is 0 Å². The zero-order chi connectivity index (χ0) is 25.7. The summed E-state index contributed by atoms with van der Waals surface area (Å²) in [6, 6.07) is 26.3. The van der Waals surface area contributed by atoms with Gasteiger partial charge in [-0.2, -0.15) is 0 Å². The van der Waals surface area contributed by atoms with E-state index >= 15 is 0 Å². The second kappa shape index (κ2) is 8.63. The summed E-state index contributed by atoms with van der Waals surface area (Å²) in [6.07, 6.45) is 1.07. The van der Waals surface area contributed by atoms with Gasteiger partial charge in [0.15, 0.2) is 0 Å². The zero-order valence-corrected chi connectivity index (χ0v) is 21.5. The molecule has 0 aliphatic carbocycles. The SMILES string of the molecule is CC(C)(C)CC(C)(C)c1ccc(Oc2ccc3c4c(cccc24)C(=O)N(c2ccccc2)C3=O)cc1. The van der Waals surface area contributed by atoms with Crippen molar-refractivity contribution in [3.05, 3.63) is 102 Å². The molecule has 0 radical (unpaired) electrons. The minimum absolute atomic E-state index is 0.0440. The molecule has 4 heteroatoms. The molecule has 2 amide bonds. The van der Waals surface area contributed by atoms with Gasteiger partial charge in [-0.25, -0.2) is 4.90 Å². The van der Waals surface area contributed by atoms with Crippen LogP contribution < -0.4 is 9.64 Å². The lowest BCUT2D eigenvalue weighted by Gasteiger charge is -2.33. The van der Waals surface area contributed by atoms with Crippen LogP contribution in [-0.2, 0) is 5.41 Å². The number of carbonyl (C=O) groups is 2. The Hall–Kier alpha value is -3.92. The van der Waals surface area contributed by atoms with Crippen molar-refractivity contribution in [2.24, 2.45) is 5.41 Å². The van der Waals surface area contributed by atoms with Crippen LogP contribution in [0.4, 0.5) is 5.69 Å². The highest BCUT2D eigenvalue weighted by molar-refractivity contribution is 6.36. The third-order valence-electron chi connectivity index (χ3n) is 6.72. The van der Waals surface area contributed by atoms with E-state index in [9.17, 15) is 9.59 Å². The largest absolute Gasteiger partial charge is 0.457 e. The van der Waals surface area contributed by atoms with Crippen molar-refractivity contribution in [3.63, 3.8) is 0 Å². The predicted molar refractivity (Wildman–Crippen MR) is 145 cm³/mol. The van der Waals surface area contributed by atoms with Crippen molar-refractivity contribution in [1.29, 1.82) is 0 Å². The van der Waals surface area contributed by atoms with Gasteiger partial charge >= 0.3 is 0 Å². The number of carbonyl (C=O) groups excluding carboxylic acids is 2. The third-order valence-corrected chi connectivity index (χ3v) is 6.72. The summed E-state index contributed by atoms with van der Waals surface area (Å²) in [6.45, 7) is 11.3. The predicted octanol–water partition coefficient (Wildman–Crippen LogP) is 8.15. The molecule has 1 aliphatic heterocycles. The molecule has 0 saturated heterocycles. The number of nitrogens with zero attached hydrogens (tertiary/aromatic N) is 1. The van der Waals surface area contributed by atoms with E-state index in [4.69, 9.17) is 4.74 Å². The highest BCUT2D eigenvalue weighted by Crippen LogP contribution is 2.40. The van der Waals surface area contributed by atoms with Gasteiger partial charge in [0.05, 0.1) is 5.69 Å². The number of para-hydroxylation sites is 1. The molecular formula is C32H31NO3. The van der Waals surface area contributed by atoms with Crippen molar-refractivity contribution in [2.45, 2.75) is 46.5 Å². The van der Waals surface area contributed by atoms with E-state index in [2.05, 4.69) is 46.8 Å². The molecular weight excluding hydrogens is 446 g/mol. The Kier molecular flexibility index (Phi) is 5.71.